The van der Waals surface area contributed by atoms with Crippen LogP contribution in [-0.2, 0) is 10.0 Å². The number of aliphatic hydroxyl groups excluding tert-OH is 1. The number of sulfonamides is 1. The Bertz CT molecular complexity index is 615. The molecule has 21 heavy (non-hydrogen) atoms. The minimum Gasteiger partial charge on any atom is -0.396 e. The topological polar surface area (TPSA) is 83.6 Å². The lowest BCUT2D eigenvalue weighted by molar-refractivity contribution is 0.258. The van der Waals surface area contributed by atoms with Crippen LogP contribution in [0.1, 0.15) is 25.8 Å². The first-order valence-corrected chi connectivity index (χ1v) is 8.29. The number of nitrogens with zero attached hydrogens (tertiary/aromatic N) is 1. The number of nitrogens with two attached hydrogens (primary N) is 1. The van der Waals surface area contributed by atoms with Crippen LogP contribution in [0.25, 0.3) is 0 Å². The van der Waals surface area contributed by atoms with Crippen LogP contribution in [0, 0.1) is 11.8 Å². The summed E-state index contributed by atoms with van der Waals surface area (Å²) in [5.74, 6) is 5.54. The third-order valence-corrected chi connectivity index (χ3v) is 4.96. The van der Waals surface area contributed by atoms with Gasteiger partial charge in [0.05, 0.1) is 11.4 Å². The zero-order chi connectivity index (χ0) is 15.9. The smallest absolute Gasteiger partial charge is 0.243 e. The van der Waals surface area contributed by atoms with Gasteiger partial charge in [-0.2, -0.15) is 4.31 Å². The first-order chi connectivity index (χ1) is 9.93. The van der Waals surface area contributed by atoms with E-state index in [1.807, 2.05) is 13.8 Å². The van der Waals surface area contributed by atoms with Crippen molar-refractivity contribution in [2.45, 2.75) is 31.2 Å². The number of rotatable bonds is 6. The minimum atomic E-state index is -3.60. The summed E-state index contributed by atoms with van der Waals surface area (Å²) in [5.41, 5.74) is 5.94. The molecule has 0 saturated heterocycles. The van der Waals surface area contributed by atoms with E-state index in [-0.39, 0.29) is 30.6 Å². The molecule has 0 atom stereocenters. The van der Waals surface area contributed by atoms with Crippen molar-refractivity contribution in [3.8, 4) is 11.8 Å². The van der Waals surface area contributed by atoms with Crippen LogP contribution in [-0.4, -0.2) is 43.6 Å². The van der Waals surface area contributed by atoms with E-state index in [2.05, 4.69) is 11.8 Å². The molecule has 0 aliphatic heterocycles. The maximum Gasteiger partial charge on any atom is 0.243 e. The molecule has 6 heteroatoms. The Labute approximate surface area is 126 Å². The molecule has 3 N–H and O–H groups in total. The first-order valence-electron chi connectivity index (χ1n) is 6.85. The normalized spacial score (nSPS) is 11.5. The largest absolute Gasteiger partial charge is 0.396 e. The zero-order valence-electron chi connectivity index (χ0n) is 12.4. The van der Waals surface area contributed by atoms with E-state index in [9.17, 15) is 8.42 Å². The highest BCUT2D eigenvalue weighted by Crippen LogP contribution is 2.19. The van der Waals surface area contributed by atoms with E-state index < -0.39 is 10.0 Å². The van der Waals surface area contributed by atoms with Gasteiger partial charge in [0, 0.05) is 24.8 Å². The van der Waals surface area contributed by atoms with Gasteiger partial charge in [0.15, 0.2) is 0 Å². The van der Waals surface area contributed by atoms with Crippen molar-refractivity contribution in [2.24, 2.45) is 5.73 Å². The summed E-state index contributed by atoms with van der Waals surface area (Å²) in [7, 11) is -3.60. The predicted molar refractivity (Wildman–Crippen MR) is 83.1 cm³/mol. The SMILES string of the molecule is CC(C)N(CCCO)S(=O)(=O)c1cccc(C#CCN)c1. The van der Waals surface area contributed by atoms with E-state index in [1.165, 1.54) is 4.31 Å². The Balaban J connectivity index is 3.15. The molecule has 1 aromatic carbocycles. The van der Waals surface area contributed by atoms with Crippen LogP contribution in [0.15, 0.2) is 29.2 Å². The molecule has 0 spiro atoms. The van der Waals surface area contributed by atoms with E-state index in [0.717, 1.165) is 0 Å². The monoisotopic (exact) mass is 310 g/mol. The Morgan fingerprint density at radius 1 is 1.38 bits per heavy atom. The average Bonchev–Trinajstić information content (AvgIpc) is 2.45. The van der Waals surface area contributed by atoms with Crippen LogP contribution in [0.5, 0.6) is 0 Å². The first kappa shape index (κ1) is 17.7. The lowest BCUT2D eigenvalue weighted by Crippen LogP contribution is -2.38. The van der Waals surface area contributed by atoms with Crippen LogP contribution in [0.3, 0.4) is 0 Å². The fraction of sp³-hybridized carbons (Fsp3) is 0.467. The Morgan fingerprint density at radius 2 is 2.10 bits per heavy atom. The molecule has 0 aromatic heterocycles. The summed E-state index contributed by atoms with van der Waals surface area (Å²) in [4.78, 5) is 0.206. The summed E-state index contributed by atoms with van der Waals surface area (Å²) in [6, 6.07) is 6.33. The molecule has 116 valence electrons. The molecule has 5 nitrogen and oxygen atoms in total. The summed E-state index contributed by atoms with van der Waals surface area (Å²) in [6.45, 7) is 4.10. The molecule has 0 radical (unpaired) electrons. The standard InChI is InChI=1S/C15H22N2O3S/c1-13(2)17(10-5-11-18)21(19,20)15-8-3-6-14(12-15)7-4-9-16/h3,6,8,12-13,18H,5,9-11,16H2,1-2H3. The van der Waals surface area contributed by atoms with Gasteiger partial charge in [-0.25, -0.2) is 8.42 Å². The van der Waals surface area contributed by atoms with Gasteiger partial charge in [-0.1, -0.05) is 17.9 Å². The van der Waals surface area contributed by atoms with Crippen molar-refractivity contribution in [3.63, 3.8) is 0 Å². The van der Waals surface area contributed by atoms with Crippen molar-refractivity contribution in [1.29, 1.82) is 0 Å². The molecule has 0 amide bonds. The second kappa shape index (κ2) is 8.15. The minimum absolute atomic E-state index is 0.0409. The molecule has 0 aliphatic carbocycles. The van der Waals surface area contributed by atoms with E-state index in [4.69, 9.17) is 10.8 Å². The Hall–Kier alpha value is -1.39. The Kier molecular flexibility index (Phi) is 6.85. The highest BCUT2D eigenvalue weighted by Gasteiger charge is 2.26. The molecule has 0 aliphatic rings. The fourth-order valence-electron chi connectivity index (χ4n) is 1.91. The molecule has 0 fully saturated rings. The van der Waals surface area contributed by atoms with Crippen molar-refractivity contribution >= 4 is 10.0 Å². The van der Waals surface area contributed by atoms with Crippen molar-refractivity contribution in [1.82, 2.24) is 4.31 Å². The molecule has 0 heterocycles. The van der Waals surface area contributed by atoms with Crippen LogP contribution in [0.2, 0.25) is 0 Å². The highest BCUT2D eigenvalue weighted by atomic mass is 32.2. The van der Waals surface area contributed by atoms with Gasteiger partial charge in [-0.05, 0) is 38.5 Å². The number of hydrogen-bond acceptors (Lipinski definition) is 4. The average molecular weight is 310 g/mol. The summed E-state index contributed by atoms with van der Waals surface area (Å²) in [5, 5.41) is 8.92. The molecular weight excluding hydrogens is 288 g/mol. The van der Waals surface area contributed by atoms with E-state index in [1.54, 1.807) is 24.3 Å². The predicted octanol–water partition coefficient (Wildman–Crippen LogP) is 0.778. The molecular formula is C15H22N2O3S. The van der Waals surface area contributed by atoms with Gasteiger partial charge in [0.2, 0.25) is 10.0 Å². The maximum absolute atomic E-state index is 12.7. The second-order valence-corrected chi connectivity index (χ2v) is 6.71. The fourth-order valence-corrected chi connectivity index (χ4v) is 3.63. The van der Waals surface area contributed by atoms with Crippen molar-refractivity contribution in [2.75, 3.05) is 19.7 Å². The highest BCUT2D eigenvalue weighted by molar-refractivity contribution is 7.89. The number of benzene rings is 1. The molecule has 1 rings (SSSR count). The van der Waals surface area contributed by atoms with Crippen molar-refractivity contribution < 1.29 is 13.5 Å². The van der Waals surface area contributed by atoms with Gasteiger partial charge in [-0.15, -0.1) is 0 Å². The summed E-state index contributed by atoms with van der Waals surface area (Å²) >= 11 is 0. The lowest BCUT2D eigenvalue weighted by Gasteiger charge is -2.25. The number of hydrogen-bond donors (Lipinski definition) is 2. The van der Waals surface area contributed by atoms with Gasteiger partial charge >= 0.3 is 0 Å². The molecule has 1 aromatic rings. The second-order valence-electron chi connectivity index (χ2n) is 4.82. The van der Waals surface area contributed by atoms with Crippen molar-refractivity contribution in [3.05, 3.63) is 29.8 Å². The van der Waals surface area contributed by atoms with E-state index in [0.29, 0.717) is 12.0 Å². The molecule has 0 saturated carbocycles. The zero-order valence-corrected chi connectivity index (χ0v) is 13.2. The van der Waals surface area contributed by atoms with Crippen LogP contribution < -0.4 is 5.73 Å². The third kappa shape index (κ3) is 4.83. The molecule has 0 unspecified atom stereocenters. The van der Waals surface area contributed by atoms with Gasteiger partial charge < -0.3 is 10.8 Å². The Morgan fingerprint density at radius 3 is 2.67 bits per heavy atom. The van der Waals surface area contributed by atoms with Gasteiger partial charge in [0.25, 0.3) is 0 Å². The summed E-state index contributed by atoms with van der Waals surface area (Å²) in [6.07, 6.45) is 0.407. The third-order valence-electron chi connectivity index (χ3n) is 2.89. The lowest BCUT2D eigenvalue weighted by atomic mass is 10.2. The van der Waals surface area contributed by atoms with Crippen LogP contribution in [0.4, 0.5) is 0 Å². The number of aliphatic hydroxyl groups is 1. The van der Waals surface area contributed by atoms with Gasteiger partial charge in [-0.3, -0.25) is 0 Å². The summed E-state index contributed by atoms with van der Waals surface area (Å²) < 4.78 is 26.7. The quantitative estimate of drug-likeness (QED) is 0.761. The van der Waals surface area contributed by atoms with Crippen LogP contribution >= 0.6 is 0 Å². The molecule has 0 bridgehead atoms. The van der Waals surface area contributed by atoms with E-state index >= 15 is 0 Å². The maximum atomic E-state index is 12.7. The van der Waals surface area contributed by atoms with Gasteiger partial charge in [0.1, 0.15) is 0 Å².